The molecule has 0 heterocycles. The van der Waals surface area contributed by atoms with Gasteiger partial charge >= 0.3 is 6.09 Å². The molecule has 0 aliphatic heterocycles. The van der Waals surface area contributed by atoms with Crippen LogP contribution in [0, 0.1) is 0 Å². The summed E-state index contributed by atoms with van der Waals surface area (Å²) in [5.74, 6) is 0.321. The number of hydrogen-bond acceptors (Lipinski definition) is 4. The lowest BCUT2D eigenvalue weighted by Gasteiger charge is -2.13. The van der Waals surface area contributed by atoms with Gasteiger partial charge < -0.3 is 8.95 Å². The SMILES string of the molecule is C=CC[C@H](I)C[S-](=O)=NC(=O)O[C@@H](C)c1ccccc1. The van der Waals surface area contributed by atoms with Crippen LogP contribution in [0.15, 0.2) is 47.3 Å². The molecule has 1 aromatic rings. The van der Waals surface area contributed by atoms with Crippen molar-refractivity contribution in [2.45, 2.75) is 23.4 Å². The van der Waals surface area contributed by atoms with Gasteiger partial charge in [0.15, 0.2) is 0 Å². The third-order valence-electron chi connectivity index (χ3n) is 2.47. The molecule has 6 heteroatoms. The molecule has 2 atom stereocenters. The largest absolute Gasteiger partial charge is 0.444 e. The first-order chi connectivity index (χ1) is 9.52. The van der Waals surface area contributed by atoms with Gasteiger partial charge in [0.25, 0.3) is 0 Å². The zero-order valence-electron chi connectivity index (χ0n) is 11.2. The van der Waals surface area contributed by atoms with Gasteiger partial charge in [-0.05, 0) is 22.8 Å². The first-order valence-corrected chi connectivity index (χ1v) is 8.65. The van der Waals surface area contributed by atoms with E-state index in [0.717, 1.165) is 12.0 Å². The molecular formula is C14H17INO3S-. The van der Waals surface area contributed by atoms with Crippen molar-refractivity contribution in [2.75, 3.05) is 5.75 Å². The fourth-order valence-electron chi connectivity index (χ4n) is 1.49. The average Bonchev–Trinajstić information content (AvgIpc) is 2.39. The predicted octanol–water partition coefficient (Wildman–Crippen LogP) is 4.41. The Morgan fingerprint density at radius 3 is 2.75 bits per heavy atom. The standard InChI is InChI=1S/C14H17INO3S/c1-3-7-13(15)10-20(18)16-14(17)19-11(2)12-8-5-4-6-9-12/h3-6,8-9,11,13H,1,7,10H2,2H3/q-1/t11-,13-/m0/s1. The van der Waals surface area contributed by atoms with Crippen molar-refractivity contribution in [2.24, 2.45) is 4.36 Å². The number of carbonyl (C=O) groups is 1. The van der Waals surface area contributed by atoms with Crippen LogP contribution in [0.3, 0.4) is 0 Å². The van der Waals surface area contributed by atoms with Gasteiger partial charge in [-0.25, -0.2) is 4.79 Å². The van der Waals surface area contributed by atoms with Crippen molar-refractivity contribution in [3.8, 4) is 0 Å². The number of amides is 1. The van der Waals surface area contributed by atoms with Crippen molar-refractivity contribution in [3.05, 3.63) is 48.6 Å². The van der Waals surface area contributed by atoms with E-state index in [-0.39, 0.29) is 3.92 Å². The second-order valence-corrected chi connectivity index (χ2v) is 7.06. The van der Waals surface area contributed by atoms with E-state index in [0.29, 0.717) is 5.75 Å². The normalized spacial score (nSPS) is 15.3. The van der Waals surface area contributed by atoms with Crippen LogP contribution >= 0.6 is 22.6 Å². The second-order valence-electron chi connectivity index (χ2n) is 4.14. The molecule has 0 aromatic heterocycles. The molecule has 0 N–H and O–H groups in total. The number of alkyl halides is 1. The zero-order valence-corrected chi connectivity index (χ0v) is 14.2. The highest BCUT2D eigenvalue weighted by Gasteiger charge is 2.08. The molecule has 0 saturated carbocycles. The van der Waals surface area contributed by atoms with Crippen molar-refractivity contribution in [3.63, 3.8) is 0 Å². The molecule has 0 spiro atoms. The van der Waals surface area contributed by atoms with Gasteiger partial charge in [-0.2, -0.15) is 10.6 Å². The van der Waals surface area contributed by atoms with Gasteiger partial charge in [0, 0.05) is 0 Å². The molecule has 110 valence electrons. The van der Waals surface area contributed by atoms with Gasteiger partial charge in [-0.3, -0.25) is 4.36 Å². The Balaban J connectivity index is 2.54. The fraction of sp³-hybridized carbons (Fsp3) is 0.357. The van der Waals surface area contributed by atoms with Gasteiger partial charge in [0.2, 0.25) is 0 Å². The van der Waals surface area contributed by atoms with Crippen molar-refractivity contribution < 1.29 is 13.7 Å². The zero-order chi connectivity index (χ0) is 15.0. The summed E-state index contributed by atoms with van der Waals surface area (Å²) in [7, 11) is -1.56. The molecule has 1 rings (SSSR count). The molecule has 0 saturated heterocycles. The maximum Gasteiger partial charge on any atom is 0.410 e. The molecule has 1 amide bonds. The lowest BCUT2D eigenvalue weighted by molar-refractivity contribution is 0.117. The number of rotatable bonds is 6. The molecular weight excluding hydrogens is 389 g/mol. The first kappa shape index (κ1) is 17.2. The monoisotopic (exact) mass is 406 g/mol. The van der Waals surface area contributed by atoms with E-state index >= 15 is 0 Å². The predicted molar refractivity (Wildman–Crippen MR) is 89.3 cm³/mol. The minimum atomic E-state index is -1.56. The van der Waals surface area contributed by atoms with Gasteiger partial charge in [0.1, 0.15) is 6.10 Å². The highest BCUT2D eigenvalue weighted by atomic mass is 127. The number of hydrogen-bond donors (Lipinski definition) is 0. The van der Waals surface area contributed by atoms with Gasteiger partial charge in [-0.15, -0.1) is 6.58 Å². The van der Waals surface area contributed by atoms with E-state index in [4.69, 9.17) is 4.74 Å². The highest BCUT2D eigenvalue weighted by molar-refractivity contribution is 14.1. The van der Waals surface area contributed by atoms with Crippen LogP contribution in [0.4, 0.5) is 4.79 Å². The van der Waals surface area contributed by atoms with E-state index in [1.807, 2.05) is 30.3 Å². The van der Waals surface area contributed by atoms with Crippen LogP contribution in [0.25, 0.3) is 0 Å². The third-order valence-corrected chi connectivity index (χ3v) is 5.06. The molecule has 4 nitrogen and oxygen atoms in total. The maximum atomic E-state index is 11.7. The van der Waals surface area contributed by atoms with Gasteiger partial charge in [-0.1, -0.05) is 64.8 Å². The van der Waals surface area contributed by atoms with E-state index in [2.05, 4.69) is 33.5 Å². The number of carbonyl (C=O) groups excluding carboxylic acids is 1. The van der Waals surface area contributed by atoms with Crippen molar-refractivity contribution in [1.29, 1.82) is 0 Å². The van der Waals surface area contributed by atoms with Crippen molar-refractivity contribution in [1.82, 2.24) is 0 Å². The summed E-state index contributed by atoms with van der Waals surface area (Å²) in [6.45, 7) is 5.37. The molecule has 0 aliphatic carbocycles. The average molecular weight is 406 g/mol. The molecule has 20 heavy (non-hydrogen) atoms. The Labute approximate surface area is 135 Å². The topological polar surface area (TPSA) is 55.7 Å². The molecule has 0 unspecified atom stereocenters. The minimum absolute atomic E-state index is 0.147. The van der Waals surface area contributed by atoms with Crippen LogP contribution in [-0.4, -0.2) is 15.8 Å². The number of allylic oxidation sites excluding steroid dienone is 1. The Hall–Kier alpha value is -0.890. The quantitative estimate of drug-likeness (QED) is 0.304. The van der Waals surface area contributed by atoms with Crippen molar-refractivity contribution >= 4 is 39.3 Å². The molecule has 0 fully saturated rings. The molecule has 0 radical (unpaired) electrons. The van der Waals surface area contributed by atoms with Crippen LogP contribution in [0.5, 0.6) is 0 Å². The first-order valence-electron chi connectivity index (χ1n) is 6.13. The lowest BCUT2D eigenvalue weighted by Crippen LogP contribution is -2.08. The van der Waals surface area contributed by atoms with E-state index in [1.54, 1.807) is 13.0 Å². The number of benzene rings is 1. The molecule has 1 aromatic carbocycles. The Morgan fingerprint density at radius 2 is 2.15 bits per heavy atom. The Morgan fingerprint density at radius 1 is 1.50 bits per heavy atom. The minimum Gasteiger partial charge on any atom is -0.444 e. The summed E-state index contributed by atoms with van der Waals surface area (Å²) in [6, 6.07) is 9.34. The summed E-state index contributed by atoms with van der Waals surface area (Å²) in [6.07, 6.45) is 1.29. The lowest BCUT2D eigenvalue weighted by atomic mass is 10.1. The number of ether oxygens (including phenoxy) is 1. The molecule has 0 aliphatic rings. The summed E-state index contributed by atoms with van der Waals surface area (Å²) >= 11 is 2.16. The van der Waals surface area contributed by atoms with E-state index in [9.17, 15) is 9.00 Å². The van der Waals surface area contributed by atoms with Crippen LogP contribution in [0.2, 0.25) is 0 Å². The Bertz CT molecular complexity index is 526. The summed E-state index contributed by atoms with van der Waals surface area (Å²) in [5.41, 5.74) is 0.875. The van der Waals surface area contributed by atoms with Crippen LogP contribution in [0.1, 0.15) is 25.0 Å². The molecule has 0 bridgehead atoms. The maximum absolute atomic E-state index is 11.7. The third kappa shape index (κ3) is 6.51. The fourth-order valence-corrected chi connectivity index (χ4v) is 3.50. The smallest absolute Gasteiger partial charge is 0.410 e. The van der Waals surface area contributed by atoms with E-state index < -0.39 is 22.8 Å². The van der Waals surface area contributed by atoms with Crippen LogP contribution < -0.4 is 0 Å². The number of nitrogens with zero attached hydrogens (tertiary/aromatic N) is 1. The highest BCUT2D eigenvalue weighted by Crippen LogP contribution is 2.16. The second kappa shape index (κ2) is 9.12. The summed E-state index contributed by atoms with van der Waals surface area (Å²) in [4.78, 5) is 11.6. The number of halogens is 1. The van der Waals surface area contributed by atoms with Gasteiger partial charge in [0.05, 0.1) is 0 Å². The van der Waals surface area contributed by atoms with Crippen LogP contribution in [-0.2, 0) is 19.5 Å². The summed E-state index contributed by atoms with van der Waals surface area (Å²) in [5, 5.41) is 0. The summed E-state index contributed by atoms with van der Waals surface area (Å²) < 4.78 is 20.5. The van der Waals surface area contributed by atoms with E-state index in [1.165, 1.54) is 0 Å². The Kier molecular flexibility index (Phi) is 7.83.